The average molecular weight is 300 g/mol. The minimum atomic E-state index is -2.81. The van der Waals surface area contributed by atoms with E-state index < -0.39 is 30.8 Å². The second-order valence-electron chi connectivity index (χ2n) is 4.93. The highest BCUT2D eigenvalue weighted by Gasteiger charge is 2.42. The number of carbonyl (C=O) groups is 1. The van der Waals surface area contributed by atoms with Gasteiger partial charge in [0, 0.05) is 13.0 Å². The molecule has 1 aromatic carbocycles. The van der Waals surface area contributed by atoms with Crippen LogP contribution in [0, 0.1) is 0 Å². The number of amides is 1. The molecule has 5 nitrogen and oxygen atoms in total. The molecule has 1 atom stereocenters. The molecule has 7 heteroatoms. The van der Waals surface area contributed by atoms with Gasteiger partial charge in [0.15, 0.2) is 0 Å². The number of carbonyl (C=O) groups excluding carboxylic acids is 1. The van der Waals surface area contributed by atoms with Crippen molar-refractivity contribution in [1.82, 2.24) is 10.6 Å². The van der Waals surface area contributed by atoms with Gasteiger partial charge in [0.05, 0.1) is 19.2 Å². The number of aliphatic hydroxyl groups excluding tert-OH is 1. The molecule has 21 heavy (non-hydrogen) atoms. The van der Waals surface area contributed by atoms with E-state index in [9.17, 15) is 13.6 Å². The summed E-state index contributed by atoms with van der Waals surface area (Å²) in [7, 11) is 0. The van der Waals surface area contributed by atoms with Gasteiger partial charge in [0.2, 0.25) is 5.91 Å². The van der Waals surface area contributed by atoms with Crippen LogP contribution in [0.15, 0.2) is 24.3 Å². The molecule has 0 radical (unpaired) electrons. The molecule has 0 aromatic heterocycles. The first-order valence-corrected chi connectivity index (χ1v) is 6.72. The van der Waals surface area contributed by atoms with E-state index in [1.807, 2.05) is 0 Å². The Balaban J connectivity index is 1.79. The number of halogens is 2. The van der Waals surface area contributed by atoms with Crippen molar-refractivity contribution in [3.05, 3.63) is 29.8 Å². The third-order valence-corrected chi connectivity index (χ3v) is 3.18. The first kappa shape index (κ1) is 15.7. The van der Waals surface area contributed by atoms with Gasteiger partial charge in [-0.05, 0) is 17.7 Å². The first-order valence-electron chi connectivity index (χ1n) is 6.72. The van der Waals surface area contributed by atoms with Crippen molar-refractivity contribution in [2.75, 3.05) is 19.8 Å². The van der Waals surface area contributed by atoms with E-state index in [-0.39, 0.29) is 19.8 Å². The predicted octanol–water partition coefficient (Wildman–Crippen LogP) is 0.671. The number of alkyl halides is 2. The van der Waals surface area contributed by atoms with E-state index in [0.29, 0.717) is 5.75 Å². The van der Waals surface area contributed by atoms with Gasteiger partial charge in [0.25, 0.3) is 5.92 Å². The van der Waals surface area contributed by atoms with Gasteiger partial charge in [-0.1, -0.05) is 12.1 Å². The Kier molecular flexibility index (Phi) is 5.08. The Morgan fingerprint density at radius 1 is 1.43 bits per heavy atom. The quantitative estimate of drug-likeness (QED) is 0.722. The zero-order valence-corrected chi connectivity index (χ0v) is 11.4. The fraction of sp³-hybridized carbons (Fsp3) is 0.500. The predicted molar refractivity (Wildman–Crippen MR) is 72.2 cm³/mol. The maximum atomic E-state index is 13.0. The minimum absolute atomic E-state index is 0.0587. The number of nitrogens with one attached hydrogen (secondary N) is 2. The van der Waals surface area contributed by atoms with Crippen LogP contribution in [-0.4, -0.2) is 42.7 Å². The third kappa shape index (κ3) is 4.64. The zero-order valence-electron chi connectivity index (χ0n) is 11.4. The van der Waals surface area contributed by atoms with Gasteiger partial charge < -0.3 is 15.2 Å². The highest BCUT2D eigenvalue weighted by atomic mass is 19.3. The summed E-state index contributed by atoms with van der Waals surface area (Å²) in [6.07, 6.45) is -0.466. The lowest BCUT2D eigenvalue weighted by Crippen LogP contribution is -2.39. The standard InChI is InChI=1S/C14H18F2N2O3/c15-14(16)7-12(18-9-14)13(20)17-8-10-1-3-11(4-2-10)21-6-5-19/h1-4,12,18-19H,5-9H2,(H,17,20). The van der Waals surface area contributed by atoms with Crippen LogP contribution in [0.2, 0.25) is 0 Å². The van der Waals surface area contributed by atoms with Crippen molar-refractivity contribution >= 4 is 5.91 Å². The number of rotatable bonds is 6. The van der Waals surface area contributed by atoms with E-state index >= 15 is 0 Å². The maximum Gasteiger partial charge on any atom is 0.262 e. The van der Waals surface area contributed by atoms with E-state index in [0.717, 1.165) is 5.56 Å². The molecule has 0 bridgehead atoms. The lowest BCUT2D eigenvalue weighted by Gasteiger charge is -2.11. The molecule has 1 saturated heterocycles. The van der Waals surface area contributed by atoms with Crippen LogP contribution >= 0.6 is 0 Å². The molecular formula is C14H18F2N2O3. The largest absolute Gasteiger partial charge is 0.491 e. The van der Waals surface area contributed by atoms with Crippen molar-refractivity contribution in [2.45, 2.75) is 24.9 Å². The summed E-state index contributed by atoms with van der Waals surface area (Å²) in [5, 5.41) is 13.8. The lowest BCUT2D eigenvalue weighted by molar-refractivity contribution is -0.123. The topological polar surface area (TPSA) is 70.6 Å². The summed E-state index contributed by atoms with van der Waals surface area (Å²) in [5.41, 5.74) is 0.837. The number of aliphatic hydroxyl groups is 1. The molecule has 0 spiro atoms. The van der Waals surface area contributed by atoms with Crippen molar-refractivity contribution in [3.8, 4) is 5.75 Å². The summed E-state index contributed by atoms with van der Waals surface area (Å²) in [6.45, 7) is -0.0285. The maximum absolute atomic E-state index is 13.0. The fourth-order valence-electron chi connectivity index (χ4n) is 2.08. The van der Waals surface area contributed by atoms with Crippen LogP contribution in [0.4, 0.5) is 8.78 Å². The summed E-state index contributed by atoms with van der Waals surface area (Å²) in [4.78, 5) is 11.8. The summed E-state index contributed by atoms with van der Waals surface area (Å²) < 4.78 is 31.2. The molecule has 1 fully saturated rings. The monoisotopic (exact) mass is 300 g/mol. The molecule has 1 amide bonds. The number of hydrogen-bond donors (Lipinski definition) is 3. The summed E-state index contributed by atoms with van der Waals surface area (Å²) >= 11 is 0. The van der Waals surface area contributed by atoms with Gasteiger partial charge in [0.1, 0.15) is 12.4 Å². The molecule has 1 heterocycles. The van der Waals surface area contributed by atoms with Crippen LogP contribution in [-0.2, 0) is 11.3 Å². The second-order valence-corrected chi connectivity index (χ2v) is 4.93. The molecule has 116 valence electrons. The number of benzene rings is 1. The Labute approximate surface area is 121 Å². The van der Waals surface area contributed by atoms with E-state index in [4.69, 9.17) is 9.84 Å². The van der Waals surface area contributed by atoms with E-state index in [2.05, 4.69) is 10.6 Å². The molecule has 0 aliphatic carbocycles. The van der Waals surface area contributed by atoms with Gasteiger partial charge in [-0.15, -0.1) is 0 Å². The van der Waals surface area contributed by atoms with Crippen LogP contribution in [0.1, 0.15) is 12.0 Å². The Morgan fingerprint density at radius 2 is 2.14 bits per heavy atom. The fourth-order valence-corrected chi connectivity index (χ4v) is 2.08. The van der Waals surface area contributed by atoms with Crippen molar-refractivity contribution in [2.24, 2.45) is 0 Å². The van der Waals surface area contributed by atoms with E-state index in [1.165, 1.54) is 0 Å². The molecule has 1 aliphatic heterocycles. The lowest BCUT2D eigenvalue weighted by atomic mass is 10.1. The molecule has 1 aromatic rings. The average Bonchev–Trinajstić information content (AvgIpc) is 2.84. The van der Waals surface area contributed by atoms with Gasteiger partial charge in [-0.25, -0.2) is 8.78 Å². The normalized spacial score (nSPS) is 20.2. The van der Waals surface area contributed by atoms with Crippen molar-refractivity contribution < 1.29 is 23.4 Å². The number of hydrogen-bond acceptors (Lipinski definition) is 4. The molecule has 2 rings (SSSR count). The second kappa shape index (κ2) is 6.82. The zero-order chi connectivity index (χ0) is 15.3. The molecule has 1 unspecified atom stereocenters. The Bertz CT molecular complexity index is 480. The van der Waals surface area contributed by atoms with Gasteiger partial charge >= 0.3 is 0 Å². The number of ether oxygens (including phenoxy) is 1. The van der Waals surface area contributed by atoms with Crippen LogP contribution in [0.25, 0.3) is 0 Å². The smallest absolute Gasteiger partial charge is 0.262 e. The van der Waals surface area contributed by atoms with Gasteiger partial charge in [-0.2, -0.15) is 0 Å². The Morgan fingerprint density at radius 3 is 2.71 bits per heavy atom. The van der Waals surface area contributed by atoms with Crippen LogP contribution in [0.5, 0.6) is 5.75 Å². The minimum Gasteiger partial charge on any atom is -0.491 e. The SMILES string of the molecule is O=C(NCc1ccc(OCCO)cc1)C1CC(F)(F)CN1. The highest BCUT2D eigenvalue weighted by Crippen LogP contribution is 2.25. The van der Waals surface area contributed by atoms with Crippen molar-refractivity contribution in [1.29, 1.82) is 0 Å². The first-order chi connectivity index (χ1) is 10.00. The molecule has 1 aliphatic rings. The van der Waals surface area contributed by atoms with Gasteiger partial charge in [-0.3, -0.25) is 10.1 Å². The van der Waals surface area contributed by atoms with Crippen LogP contribution in [0.3, 0.4) is 0 Å². The molecule has 3 N–H and O–H groups in total. The van der Waals surface area contributed by atoms with Crippen LogP contribution < -0.4 is 15.4 Å². The molecule has 0 saturated carbocycles. The molecular weight excluding hydrogens is 282 g/mol. The highest BCUT2D eigenvalue weighted by molar-refractivity contribution is 5.82. The van der Waals surface area contributed by atoms with Crippen molar-refractivity contribution in [3.63, 3.8) is 0 Å². The third-order valence-electron chi connectivity index (χ3n) is 3.18. The summed E-state index contributed by atoms with van der Waals surface area (Å²) in [5.74, 6) is -2.61. The van der Waals surface area contributed by atoms with E-state index in [1.54, 1.807) is 24.3 Å². The Hall–Kier alpha value is -1.73. The summed E-state index contributed by atoms with van der Waals surface area (Å²) in [6, 6.07) is 6.14.